The molecule has 3 aromatic rings. The van der Waals surface area contributed by atoms with E-state index in [1.807, 2.05) is 0 Å². The molecule has 0 radical (unpaired) electrons. The number of nitro groups is 1. The van der Waals surface area contributed by atoms with Gasteiger partial charge in [0.05, 0.1) is 4.90 Å². The molecule has 0 amide bonds. The second-order valence-electron chi connectivity index (χ2n) is 6.13. The predicted octanol–water partition coefficient (Wildman–Crippen LogP) is 3.68. The van der Waals surface area contributed by atoms with Gasteiger partial charge >= 0.3 is 10.0 Å². The van der Waals surface area contributed by atoms with Crippen LogP contribution in [0.1, 0.15) is 15.9 Å². The summed E-state index contributed by atoms with van der Waals surface area (Å²) in [6.45, 7) is 0. The van der Waals surface area contributed by atoms with Crippen LogP contribution in [0.2, 0.25) is 0 Å². The highest BCUT2D eigenvalue weighted by molar-refractivity contribution is 7.92. The van der Waals surface area contributed by atoms with Crippen molar-refractivity contribution in [3.63, 3.8) is 0 Å². The first kappa shape index (κ1) is 20.7. The minimum absolute atomic E-state index is 0.0723. The van der Waals surface area contributed by atoms with E-state index in [2.05, 4.69) is 0 Å². The van der Waals surface area contributed by atoms with Crippen molar-refractivity contribution in [1.82, 2.24) is 0 Å². The van der Waals surface area contributed by atoms with E-state index in [0.717, 1.165) is 0 Å². The van der Waals surface area contributed by atoms with Crippen molar-refractivity contribution in [2.75, 3.05) is 4.41 Å². The van der Waals surface area contributed by atoms with E-state index in [9.17, 15) is 28.4 Å². The summed E-state index contributed by atoms with van der Waals surface area (Å²) in [6, 6.07) is 18.3. The molecule has 30 heavy (non-hydrogen) atoms. The largest absolute Gasteiger partial charge is 0.508 e. The van der Waals surface area contributed by atoms with Crippen LogP contribution in [0, 0.1) is 10.1 Å². The van der Waals surface area contributed by atoms with Crippen molar-refractivity contribution < 1.29 is 23.4 Å². The number of carbonyl (C=O) groups is 1. The number of phenolic OH excluding ortho intramolecular Hbond substituents is 1. The van der Waals surface area contributed by atoms with E-state index in [1.54, 1.807) is 24.3 Å². The van der Waals surface area contributed by atoms with Crippen LogP contribution in [0.5, 0.6) is 5.75 Å². The zero-order valence-corrected chi connectivity index (χ0v) is 16.3. The molecule has 3 aromatic carbocycles. The van der Waals surface area contributed by atoms with Crippen LogP contribution >= 0.6 is 0 Å². The number of hydrazine groups is 1. The van der Waals surface area contributed by atoms with Gasteiger partial charge in [-0.25, -0.2) is 10.1 Å². The number of ketones is 1. The molecule has 0 heterocycles. The first-order valence-corrected chi connectivity index (χ1v) is 10.1. The first-order chi connectivity index (χ1) is 14.3. The Hall–Kier alpha value is -3.98. The number of benzene rings is 3. The zero-order chi connectivity index (χ0) is 21.7. The van der Waals surface area contributed by atoms with E-state index in [-0.39, 0.29) is 32.1 Å². The maximum atomic E-state index is 12.7. The summed E-state index contributed by atoms with van der Waals surface area (Å²) in [6.07, 6.45) is 2.87. The Morgan fingerprint density at radius 1 is 0.933 bits per heavy atom. The highest BCUT2D eigenvalue weighted by Crippen LogP contribution is 2.24. The maximum absolute atomic E-state index is 12.7. The van der Waals surface area contributed by atoms with Gasteiger partial charge in [0.1, 0.15) is 11.4 Å². The molecular weight excluding hydrogens is 408 g/mol. The number of carbonyl (C=O) groups excluding carboxylic acids is 1. The van der Waals surface area contributed by atoms with Crippen LogP contribution in [-0.4, -0.2) is 24.3 Å². The van der Waals surface area contributed by atoms with Crippen molar-refractivity contribution in [2.24, 2.45) is 0 Å². The molecule has 0 atom stereocenters. The number of phenols is 1. The molecule has 152 valence electrons. The maximum Gasteiger partial charge on any atom is 0.318 e. The molecule has 0 spiro atoms. The summed E-state index contributed by atoms with van der Waals surface area (Å²) in [7, 11) is -4.42. The van der Waals surface area contributed by atoms with Crippen LogP contribution in [0.4, 0.5) is 5.69 Å². The van der Waals surface area contributed by atoms with Crippen molar-refractivity contribution in [1.29, 1.82) is 0 Å². The highest BCUT2D eigenvalue weighted by atomic mass is 32.2. The molecule has 0 aromatic heterocycles. The predicted molar refractivity (Wildman–Crippen MR) is 111 cm³/mol. The summed E-state index contributed by atoms with van der Waals surface area (Å²) in [5.74, 6) is -0.261. The molecule has 0 saturated heterocycles. The molecule has 0 saturated carbocycles. The second-order valence-corrected chi connectivity index (χ2v) is 7.90. The van der Waals surface area contributed by atoms with Crippen LogP contribution < -0.4 is 4.41 Å². The van der Waals surface area contributed by atoms with Gasteiger partial charge in [0.2, 0.25) is 0 Å². The van der Waals surface area contributed by atoms with Gasteiger partial charge in [-0.15, -0.1) is 0 Å². The van der Waals surface area contributed by atoms with Crippen LogP contribution in [0.15, 0.2) is 89.8 Å². The van der Waals surface area contributed by atoms with Crippen molar-refractivity contribution >= 4 is 27.6 Å². The standard InChI is InChI=1S/C21H16N2O6S/c24-19-13-6-16(7-14-19)8-15-21(25)17-9-11-18(12-10-17)22(23(26)27)30(28,29)20-4-2-1-3-5-20/h1-15,24H. The van der Waals surface area contributed by atoms with E-state index < -0.39 is 15.1 Å². The van der Waals surface area contributed by atoms with E-state index in [4.69, 9.17) is 0 Å². The number of aromatic hydroxyl groups is 1. The summed E-state index contributed by atoms with van der Waals surface area (Å²) >= 11 is 0. The van der Waals surface area contributed by atoms with Crippen LogP contribution in [-0.2, 0) is 10.0 Å². The summed E-state index contributed by atoms with van der Waals surface area (Å²) in [5.41, 5.74) is 0.725. The van der Waals surface area contributed by atoms with Crippen LogP contribution in [0.25, 0.3) is 6.08 Å². The minimum atomic E-state index is -4.42. The number of rotatable bonds is 7. The number of allylic oxidation sites excluding steroid dienone is 1. The van der Waals surface area contributed by atoms with E-state index in [0.29, 0.717) is 5.56 Å². The molecule has 9 heteroatoms. The van der Waals surface area contributed by atoms with Gasteiger partial charge in [0.15, 0.2) is 10.8 Å². The lowest BCUT2D eigenvalue weighted by Crippen LogP contribution is -2.36. The number of hydrogen-bond acceptors (Lipinski definition) is 6. The third kappa shape index (κ3) is 4.53. The third-order valence-corrected chi connectivity index (χ3v) is 5.78. The lowest BCUT2D eigenvalue weighted by molar-refractivity contribution is -0.474. The highest BCUT2D eigenvalue weighted by Gasteiger charge is 2.34. The molecule has 0 aliphatic carbocycles. The Balaban J connectivity index is 1.84. The SMILES string of the molecule is O=C(C=Cc1ccc(O)cc1)c1ccc(N([N+](=O)[O-])S(=O)(=O)c2ccccc2)cc1. The minimum Gasteiger partial charge on any atom is -0.508 e. The molecule has 0 bridgehead atoms. The molecule has 1 N–H and O–H groups in total. The van der Waals surface area contributed by atoms with Crippen molar-refractivity contribution in [3.8, 4) is 5.75 Å². The number of sulfonamides is 1. The molecule has 3 rings (SSSR count). The number of hydrogen-bond donors (Lipinski definition) is 1. The second kappa shape index (κ2) is 8.58. The number of nitrogens with zero attached hydrogens (tertiary/aromatic N) is 2. The average Bonchev–Trinajstić information content (AvgIpc) is 2.74. The Morgan fingerprint density at radius 3 is 2.10 bits per heavy atom. The molecule has 0 aliphatic heterocycles. The number of anilines is 1. The molecular formula is C21H16N2O6S. The monoisotopic (exact) mass is 424 g/mol. The zero-order valence-electron chi connectivity index (χ0n) is 15.5. The van der Waals surface area contributed by atoms with Crippen LogP contribution in [0.3, 0.4) is 0 Å². The fraction of sp³-hybridized carbons (Fsp3) is 0. The third-order valence-electron chi connectivity index (χ3n) is 4.11. The fourth-order valence-electron chi connectivity index (χ4n) is 2.62. The topological polar surface area (TPSA) is 118 Å². The lowest BCUT2D eigenvalue weighted by Gasteiger charge is -2.14. The quantitative estimate of drug-likeness (QED) is 0.268. The van der Waals surface area contributed by atoms with Gasteiger partial charge in [0, 0.05) is 9.98 Å². The van der Waals surface area contributed by atoms with Gasteiger partial charge < -0.3 is 5.11 Å². The van der Waals surface area contributed by atoms with Crippen molar-refractivity contribution in [2.45, 2.75) is 4.90 Å². The Morgan fingerprint density at radius 2 is 1.53 bits per heavy atom. The summed E-state index contributed by atoms with van der Waals surface area (Å²) in [5, 5.41) is 19.7. The Bertz CT molecular complexity index is 1190. The first-order valence-electron chi connectivity index (χ1n) is 8.65. The summed E-state index contributed by atoms with van der Waals surface area (Å²) < 4.78 is 25.4. The average molecular weight is 424 g/mol. The Kier molecular flexibility index (Phi) is 5.93. The smallest absolute Gasteiger partial charge is 0.318 e. The summed E-state index contributed by atoms with van der Waals surface area (Å²) in [4.78, 5) is 23.6. The van der Waals surface area contributed by atoms with Gasteiger partial charge in [-0.05, 0) is 60.2 Å². The van der Waals surface area contributed by atoms with Crippen molar-refractivity contribution in [3.05, 3.63) is 106 Å². The normalized spacial score (nSPS) is 11.3. The Labute approximate surface area is 172 Å². The van der Waals surface area contributed by atoms with E-state index >= 15 is 0 Å². The van der Waals surface area contributed by atoms with Gasteiger partial charge in [-0.1, -0.05) is 36.4 Å². The lowest BCUT2D eigenvalue weighted by atomic mass is 10.1. The molecule has 8 nitrogen and oxygen atoms in total. The molecule has 0 unspecified atom stereocenters. The van der Waals surface area contributed by atoms with Gasteiger partial charge in [0.25, 0.3) is 0 Å². The molecule has 0 aliphatic rings. The van der Waals surface area contributed by atoms with Gasteiger partial charge in [-0.2, -0.15) is 8.42 Å². The fourth-order valence-corrected chi connectivity index (χ4v) is 3.90. The van der Waals surface area contributed by atoms with E-state index in [1.165, 1.54) is 66.7 Å². The van der Waals surface area contributed by atoms with Gasteiger partial charge in [-0.3, -0.25) is 4.79 Å². The molecule has 0 fully saturated rings.